The molecular formula is C21H21BrFNO2. The van der Waals surface area contributed by atoms with E-state index in [-0.39, 0.29) is 11.6 Å². The highest BCUT2D eigenvalue weighted by Gasteiger charge is 2.25. The average Bonchev–Trinajstić information content (AvgIpc) is 3.02. The summed E-state index contributed by atoms with van der Waals surface area (Å²) in [6.45, 7) is 6.47. The molecule has 0 bridgehead atoms. The Bertz CT molecular complexity index is 964. The molecule has 0 aliphatic rings. The number of ketones is 1. The summed E-state index contributed by atoms with van der Waals surface area (Å²) in [6, 6.07) is 8.36. The fourth-order valence-corrected chi connectivity index (χ4v) is 3.75. The molecule has 0 fully saturated rings. The summed E-state index contributed by atoms with van der Waals surface area (Å²) in [6.07, 6.45) is 2.54. The van der Waals surface area contributed by atoms with Crippen molar-refractivity contribution in [1.82, 2.24) is 4.98 Å². The molecule has 3 aromatic rings. The Balaban J connectivity index is 2.01. The van der Waals surface area contributed by atoms with Gasteiger partial charge in [0.1, 0.15) is 16.4 Å². The van der Waals surface area contributed by atoms with Crippen LogP contribution in [-0.2, 0) is 0 Å². The molecule has 0 aliphatic heterocycles. The average molecular weight is 418 g/mol. The molecule has 5 heteroatoms. The van der Waals surface area contributed by atoms with E-state index in [0.717, 1.165) is 28.5 Å². The number of Topliss-reactive ketones (excluding diaryl/α,β-unsaturated/α-hetero) is 1. The summed E-state index contributed by atoms with van der Waals surface area (Å²) in [5.74, 6) is -0.0752. The molecule has 1 heterocycles. The lowest BCUT2D eigenvalue weighted by molar-refractivity contribution is 0.0992. The Kier molecular flexibility index (Phi) is 5.47. The highest BCUT2D eigenvalue weighted by atomic mass is 79.9. The number of aromatic nitrogens is 1. The Labute approximate surface area is 160 Å². The van der Waals surface area contributed by atoms with E-state index in [2.05, 4.69) is 27.0 Å². The molecule has 0 aliphatic carbocycles. The number of H-pyrrole nitrogens is 1. The normalized spacial score (nSPS) is 12.3. The van der Waals surface area contributed by atoms with Crippen molar-refractivity contribution in [2.45, 2.75) is 32.0 Å². The minimum absolute atomic E-state index is 0.0887. The Hall–Kier alpha value is -2.14. The number of nitrogens with one attached hydrogen (secondary N) is 1. The van der Waals surface area contributed by atoms with Crippen molar-refractivity contribution in [3.05, 3.63) is 64.6 Å². The summed E-state index contributed by atoms with van der Waals surface area (Å²) in [4.78, 5) is 15.7. The summed E-state index contributed by atoms with van der Waals surface area (Å²) >= 11 is 3.50. The second kappa shape index (κ2) is 7.62. The summed E-state index contributed by atoms with van der Waals surface area (Å²) in [5.41, 5.74) is 4.39. The summed E-state index contributed by atoms with van der Waals surface area (Å²) in [5, 5.41) is 0.898. The van der Waals surface area contributed by atoms with E-state index in [1.807, 2.05) is 26.8 Å². The standard InChI is InChI=1S/C21H21BrFNO2/c1-4-7-26-18-10-14(23)5-6-15(18)19(22)21(25)17-11-24-20-13(3)8-12(2)9-16(17)20/h5-6,8-11,19,24H,4,7H2,1-3H3. The van der Waals surface area contributed by atoms with Crippen LogP contribution < -0.4 is 4.74 Å². The number of aryl methyl sites for hydroxylation is 2. The van der Waals surface area contributed by atoms with Crippen LogP contribution in [0.4, 0.5) is 4.39 Å². The van der Waals surface area contributed by atoms with Gasteiger partial charge in [-0.1, -0.05) is 40.5 Å². The summed E-state index contributed by atoms with van der Waals surface area (Å²) in [7, 11) is 0. The third-order valence-electron chi connectivity index (χ3n) is 4.34. The maximum atomic E-state index is 13.6. The van der Waals surface area contributed by atoms with Crippen LogP contribution >= 0.6 is 15.9 Å². The van der Waals surface area contributed by atoms with Crippen molar-refractivity contribution in [3.63, 3.8) is 0 Å². The molecule has 26 heavy (non-hydrogen) atoms. The van der Waals surface area contributed by atoms with Gasteiger partial charge in [0.15, 0.2) is 5.78 Å². The van der Waals surface area contributed by atoms with Crippen LogP contribution in [0.25, 0.3) is 10.9 Å². The quantitative estimate of drug-likeness (QED) is 0.392. The lowest BCUT2D eigenvalue weighted by Crippen LogP contribution is -2.09. The van der Waals surface area contributed by atoms with E-state index in [4.69, 9.17) is 4.74 Å². The van der Waals surface area contributed by atoms with E-state index < -0.39 is 4.83 Å². The van der Waals surface area contributed by atoms with Gasteiger partial charge in [-0.25, -0.2) is 4.39 Å². The van der Waals surface area contributed by atoms with Crippen molar-refractivity contribution in [1.29, 1.82) is 0 Å². The highest BCUT2D eigenvalue weighted by molar-refractivity contribution is 9.09. The second-order valence-corrected chi connectivity index (χ2v) is 7.38. The maximum absolute atomic E-state index is 13.6. The highest BCUT2D eigenvalue weighted by Crippen LogP contribution is 2.36. The van der Waals surface area contributed by atoms with E-state index in [1.165, 1.54) is 12.1 Å². The number of hydrogen-bond acceptors (Lipinski definition) is 2. The van der Waals surface area contributed by atoms with E-state index in [9.17, 15) is 9.18 Å². The number of aromatic amines is 1. The second-order valence-electron chi connectivity index (χ2n) is 6.46. The minimum atomic E-state index is -0.616. The smallest absolute Gasteiger partial charge is 0.183 e. The number of hydrogen-bond donors (Lipinski definition) is 1. The van der Waals surface area contributed by atoms with Gasteiger partial charge in [-0.3, -0.25) is 4.79 Å². The molecule has 0 amide bonds. The molecule has 1 unspecified atom stereocenters. The largest absolute Gasteiger partial charge is 0.493 e. The van der Waals surface area contributed by atoms with Gasteiger partial charge in [0, 0.05) is 34.3 Å². The molecule has 1 N–H and O–H groups in total. The number of carbonyl (C=O) groups excluding carboxylic acids is 1. The molecule has 0 spiro atoms. The molecule has 136 valence electrons. The van der Waals surface area contributed by atoms with Gasteiger partial charge in [0.05, 0.1) is 6.61 Å². The predicted octanol–water partition coefficient (Wildman–Crippen LogP) is 6.03. The van der Waals surface area contributed by atoms with Crippen LogP contribution in [0.15, 0.2) is 36.5 Å². The first kappa shape index (κ1) is 18.6. The van der Waals surface area contributed by atoms with Crippen molar-refractivity contribution in [2.75, 3.05) is 6.61 Å². The number of alkyl halides is 1. The van der Waals surface area contributed by atoms with Crippen molar-refractivity contribution in [2.24, 2.45) is 0 Å². The van der Waals surface area contributed by atoms with Crippen LogP contribution in [-0.4, -0.2) is 17.4 Å². The van der Waals surface area contributed by atoms with Crippen LogP contribution in [0.1, 0.15) is 45.2 Å². The lowest BCUT2D eigenvalue weighted by Gasteiger charge is -2.15. The number of rotatable bonds is 6. The molecule has 0 radical (unpaired) electrons. The maximum Gasteiger partial charge on any atom is 0.183 e. The first-order chi connectivity index (χ1) is 12.4. The van der Waals surface area contributed by atoms with Gasteiger partial charge in [0.25, 0.3) is 0 Å². The van der Waals surface area contributed by atoms with E-state index >= 15 is 0 Å². The Morgan fingerprint density at radius 1 is 1.27 bits per heavy atom. The topological polar surface area (TPSA) is 42.1 Å². The van der Waals surface area contributed by atoms with Gasteiger partial charge in [-0.05, 0) is 38.0 Å². The fourth-order valence-electron chi connectivity index (χ4n) is 3.13. The number of ether oxygens (including phenoxy) is 1. The van der Waals surface area contributed by atoms with Crippen LogP contribution in [0.3, 0.4) is 0 Å². The fraction of sp³-hybridized carbons (Fsp3) is 0.286. The van der Waals surface area contributed by atoms with Gasteiger partial charge in [-0.2, -0.15) is 0 Å². The van der Waals surface area contributed by atoms with Crippen molar-refractivity contribution < 1.29 is 13.9 Å². The first-order valence-corrected chi connectivity index (χ1v) is 9.52. The molecule has 2 aromatic carbocycles. The SMILES string of the molecule is CCCOc1cc(F)ccc1C(Br)C(=O)c1c[nH]c2c(C)cc(C)cc12. The molecule has 3 nitrogen and oxygen atoms in total. The molecule has 3 rings (SSSR count). The van der Waals surface area contributed by atoms with Crippen LogP contribution in [0, 0.1) is 19.7 Å². The van der Waals surface area contributed by atoms with Crippen LogP contribution in [0.2, 0.25) is 0 Å². The van der Waals surface area contributed by atoms with E-state index in [1.54, 1.807) is 12.3 Å². The van der Waals surface area contributed by atoms with Crippen LogP contribution in [0.5, 0.6) is 5.75 Å². The van der Waals surface area contributed by atoms with Gasteiger partial charge >= 0.3 is 0 Å². The number of halogens is 2. The number of carbonyl (C=O) groups is 1. The van der Waals surface area contributed by atoms with Gasteiger partial charge in [0.2, 0.25) is 0 Å². The zero-order valence-corrected chi connectivity index (χ0v) is 16.6. The lowest BCUT2D eigenvalue weighted by atomic mass is 9.99. The Morgan fingerprint density at radius 3 is 2.77 bits per heavy atom. The molecule has 0 saturated carbocycles. The number of benzene rings is 2. The van der Waals surface area contributed by atoms with E-state index in [0.29, 0.717) is 23.5 Å². The van der Waals surface area contributed by atoms with Gasteiger partial charge < -0.3 is 9.72 Å². The first-order valence-electron chi connectivity index (χ1n) is 8.61. The molecule has 1 atom stereocenters. The molecular weight excluding hydrogens is 397 g/mol. The van der Waals surface area contributed by atoms with Crippen molar-refractivity contribution in [3.8, 4) is 5.75 Å². The third-order valence-corrected chi connectivity index (χ3v) is 5.25. The molecule has 0 saturated heterocycles. The third kappa shape index (κ3) is 3.54. The molecule has 1 aromatic heterocycles. The minimum Gasteiger partial charge on any atom is -0.493 e. The number of fused-ring (bicyclic) bond motifs is 1. The Morgan fingerprint density at radius 2 is 2.04 bits per heavy atom. The zero-order chi connectivity index (χ0) is 18.8. The van der Waals surface area contributed by atoms with Gasteiger partial charge in [-0.15, -0.1) is 0 Å². The van der Waals surface area contributed by atoms with Crippen molar-refractivity contribution >= 4 is 32.6 Å². The monoisotopic (exact) mass is 417 g/mol. The summed E-state index contributed by atoms with van der Waals surface area (Å²) < 4.78 is 19.3. The predicted molar refractivity (Wildman–Crippen MR) is 106 cm³/mol. The zero-order valence-electron chi connectivity index (χ0n) is 15.0.